The van der Waals surface area contributed by atoms with Crippen LogP contribution in [0.2, 0.25) is 0 Å². The van der Waals surface area contributed by atoms with E-state index in [1.54, 1.807) is 29.5 Å². The number of hydrogen-bond donors (Lipinski definition) is 0. The SMILES string of the molecule is COc1ccc(Cn2cc(N3CCc4c(nn(-c5cccc(C)n5)c4-c4ccc5ncsc5c4)C3=O)cn2)cc1. The Morgan fingerprint density at radius 1 is 1.07 bits per heavy atom. The summed E-state index contributed by atoms with van der Waals surface area (Å²) in [6.45, 7) is 3.07. The first-order valence-electron chi connectivity index (χ1n) is 12.9. The number of methoxy groups -OCH3 is 1. The van der Waals surface area contributed by atoms with Crippen LogP contribution in [0.5, 0.6) is 5.75 Å². The average molecular weight is 548 g/mol. The standard InChI is InChI=1S/C30H25N7O2S/c1-19-4-3-5-27(33-19)37-29(21-8-11-25-26(14-21)40-18-31-25)24-12-13-36(30(38)28(24)34-37)22-15-32-35(17-22)16-20-6-9-23(39-2)10-7-20/h3-11,14-15,17-18H,12-13,16H2,1-2H3. The molecular weight excluding hydrogens is 522 g/mol. The lowest BCUT2D eigenvalue weighted by molar-refractivity contribution is 0.0975. The lowest BCUT2D eigenvalue weighted by atomic mass is 9.99. The van der Waals surface area contributed by atoms with Crippen molar-refractivity contribution in [3.8, 4) is 22.8 Å². The van der Waals surface area contributed by atoms with Gasteiger partial charge >= 0.3 is 0 Å². The van der Waals surface area contributed by atoms with Crippen molar-refractivity contribution in [3.05, 3.63) is 101 Å². The maximum atomic E-state index is 13.9. The third kappa shape index (κ3) is 4.22. The molecule has 1 aliphatic rings. The number of benzene rings is 2. The summed E-state index contributed by atoms with van der Waals surface area (Å²) in [6.07, 6.45) is 4.31. The topological polar surface area (TPSA) is 91.0 Å². The van der Waals surface area contributed by atoms with Gasteiger partial charge in [-0.05, 0) is 55.3 Å². The summed E-state index contributed by atoms with van der Waals surface area (Å²) >= 11 is 1.60. The zero-order valence-electron chi connectivity index (χ0n) is 22.0. The fraction of sp³-hybridized carbons (Fsp3) is 0.167. The van der Waals surface area contributed by atoms with E-state index in [-0.39, 0.29) is 5.91 Å². The Morgan fingerprint density at radius 2 is 1.95 bits per heavy atom. The summed E-state index contributed by atoms with van der Waals surface area (Å²) in [4.78, 5) is 24.8. The second kappa shape index (κ2) is 9.73. The quantitative estimate of drug-likeness (QED) is 0.281. The second-order valence-corrected chi connectivity index (χ2v) is 10.6. The van der Waals surface area contributed by atoms with Crippen LogP contribution < -0.4 is 9.64 Å². The first kappa shape index (κ1) is 24.2. The van der Waals surface area contributed by atoms with Gasteiger partial charge in [0.2, 0.25) is 0 Å². The van der Waals surface area contributed by atoms with Gasteiger partial charge in [0.25, 0.3) is 5.91 Å². The van der Waals surface area contributed by atoms with E-state index in [1.165, 1.54) is 0 Å². The first-order chi connectivity index (χ1) is 19.6. The van der Waals surface area contributed by atoms with Crippen LogP contribution in [0.25, 0.3) is 27.3 Å². The highest BCUT2D eigenvalue weighted by Crippen LogP contribution is 2.35. The van der Waals surface area contributed by atoms with Crippen molar-refractivity contribution < 1.29 is 9.53 Å². The molecule has 0 fully saturated rings. The van der Waals surface area contributed by atoms with Gasteiger partial charge in [0.1, 0.15) is 5.75 Å². The number of hydrogen-bond acceptors (Lipinski definition) is 7. The number of rotatable bonds is 6. The summed E-state index contributed by atoms with van der Waals surface area (Å²) in [7, 11) is 1.65. The van der Waals surface area contributed by atoms with Gasteiger partial charge in [-0.25, -0.2) is 14.6 Å². The highest BCUT2D eigenvalue weighted by molar-refractivity contribution is 7.16. The molecule has 1 amide bonds. The highest BCUT2D eigenvalue weighted by Gasteiger charge is 2.33. The van der Waals surface area contributed by atoms with E-state index >= 15 is 0 Å². The van der Waals surface area contributed by atoms with Gasteiger partial charge in [-0.15, -0.1) is 11.3 Å². The van der Waals surface area contributed by atoms with Crippen LogP contribution in [0.1, 0.15) is 27.3 Å². The number of fused-ring (bicyclic) bond motifs is 2. The number of carbonyl (C=O) groups is 1. The lowest BCUT2D eigenvalue weighted by Gasteiger charge is -2.25. The molecule has 0 bridgehead atoms. The molecule has 6 aromatic rings. The number of aromatic nitrogens is 6. The van der Waals surface area contributed by atoms with Crippen LogP contribution in [0.15, 0.2) is 78.6 Å². The third-order valence-electron chi connectivity index (χ3n) is 7.15. The van der Waals surface area contributed by atoms with Crippen LogP contribution in [0, 0.1) is 6.92 Å². The molecule has 10 heteroatoms. The normalized spacial score (nSPS) is 13.2. The molecule has 7 rings (SSSR count). The van der Waals surface area contributed by atoms with E-state index in [9.17, 15) is 4.79 Å². The summed E-state index contributed by atoms with van der Waals surface area (Å²) in [5, 5.41) is 9.39. The monoisotopic (exact) mass is 547 g/mol. The molecule has 4 aromatic heterocycles. The van der Waals surface area contributed by atoms with Crippen molar-refractivity contribution >= 4 is 33.1 Å². The molecule has 0 saturated carbocycles. The van der Waals surface area contributed by atoms with Crippen molar-refractivity contribution in [3.63, 3.8) is 0 Å². The van der Waals surface area contributed by atoms with Crippen LogP contribution in [0.3, 0.4) is 0 Å². The van der Waals surface area contributed by atoms with Crippen LogP contribution in [-0.2, 0) is 13.0 Å². The fourth-order valence-corrected chi connectivity index (χ4v) is 5.88. The number of pyridine rings is 1. The molecule has 5 heterocycles. The molecule has 0 aliphatic carbocycles. The van der Waals surface area contributed by atoms with E-state index < -0.39 is 0 Å². The summed E-state index contributed by atoms with van der Waals surface area (Å²) in [5.74, 6) is 1.35. The Labute approximate surface area is 234 Å². The molecule has 40 heavy (non-hydrogen) atoms. The molecule has 198 valence electrons. The molecule has 0 radical (unpaired) electrons. The molecule has 1 aliphatic heterocycles. The van der Waals surface area contributed by atoms with Gasteiger partial charge in [0.05, 0.1) is 47.0 Å². The second-order valence-electron chi connectivity index (χ2n) is 9.71. The molecule has 0 saturated heterocycles. The number of anilines is 1. The Hall–Kier alpha value is -4.83. The predicted molar refractivity (Wildman–Crippen MR) is 154 cm³/mol. The Bertz CT molecular complexity index is 1870. The van der Waals surface area contributed by atoms with E-state index in [1.807, 2.05) is 82.6 Å². The number of carbonyl (C=O) groups excluding carboxylic acids is 1. The average Bonchev–Trinajstić information content (AvgIpc) is 3.72. The first-order valence-corrected chi connectivity index (χ1v) is 13.8. The summed E-state index contributed by atoms with van der Waals surface area (Å²) < 4.78 is 9.99. The van der Waals surface area contributed by atoms with Crippen LogP contribution in [-0.4, -0.2) is 49.1 Å². The van der Waals surface area contributed by atoms with Crippen molar-refractivity contribution in [1.82, 2.24) is 29.5 Å². The van der Waals surface area contributed by atoms with E-state index in [4.69, 9.17) is 14.8 Å². The maximum Gasteiger partial charge on any atom is 0.279 e. The highest BCUT2D eigenvalue weighted by atomic mass is 32.1. The number of thiazole rings is 1. The molecule has 0 spiro atoms. The summed E-state index contributed by atoms with van der Waals surface area (Å²) in [5.41, 5.74) is 8.78. The van der Waals surface area contributed by atoms with Gasteiger partial charge in [-0.1, -0.05) is 24.3 Å². The van der Waals surface area contributed by atoms with Crippen LogP contribution in [0.4, 0.5) is 5.69 Å². The van der Waals surface area contributed by atoms with E-state index in [2.05, 4.69) is 16.1 Å². The molecule has 9 nitrogen and oxygen atoms in total. The van der Waals surface area contributed by atoms with Crippen molar-refractivity contribution in [2.24, 2.45) is 0 Å². The van der Waals surface area contributed by atoms with Gasteiger partial charge in [-0.2, -0.15) is 10.2 Å². The molecule has 0 unspecified atom stereocenters. The van der Waals surface area contributed by atoms with Gasteiger partial charge in [0.15, 0.2) is 11.5 Å². The molecular formula is C30H25N7O2S. The molecule has 0 N–H and O–H groups in total. The Balaban J connectivity index is 1.25. The largest absolute Gasteiger partial charge is 0.497 e. The van der Waals surface area contributed by atoms with Gasteiger partial charge in [0, 0.05) is 29.6 Å². The lowest BCUT2D eigenvalue weighted by Crippen LogP contribution is -2.37. The molecule has 2 aromatic carbocycles. The van der Waals surface area contributed by atoms with Crippen LogP contribution >= 0.6 is 11.3 Å². The number of amides is 1. The maximum absolute atomic E-state index is 13.9. The minimum Gasteiger partial charge on any atom is -0.497 e. The zero-order chi connectivity index (χ0) is 27.2. The van der Waals surface area contributed by atoms with Gasteiger partial charge in [-0.3, -0.25) is 9.48 Å². The summed E-state index contributed by atoms with van der Waals surface area (Å²) in [6, 6.07) is 19.9. The Morgan fingerprint density at radius 3 is 2.77 bits per heavy atom. The number of ether oxygens (including phenoxy) is 1. The number of nitrogens with zero attached hydrogens (tertiary/aromatic N) is 7. The minimum atomic E-state index is -0.142. The zero-order valence-corrected chi connectivity index (χ0v) is 22.8. The van der Waals surface area contributed by atoms with Crippen molar-refractivity contribution in [2.45, 2.75) is 19.9 Å². The fourth-order valence-electron chi connectivity index (χ4n) is 5.17. The minimum absolute atomic E-state index is 0.142. The number of aryl methyl sites for hydroxylation is 1. The third-order valence-corrected chi connectivity index (χ3v) is 7.94. The van der Waals surface area contributed by atoms with Crippen molar-refractivity contribution in [2.75, 3.05) is 18.6 Å². The van der Waals surface area contributed by atoms with E-state index in [0.717, 1.165) is 49.7 Å². The smallest absolute Gasteiger partial charge is 0.279 e. The van der Waals surface area contributed by atoms with E-state index in [0.29, 0.717) is 31.0 Å². The predicted octanol–water partition coefficient (Wildman–Crippen LogP) is 5.31. The Kier molecular flexibility index (Phi) is 5.89. The van der Waals surface area contributed by atoms with Gasteiger partial charge < -0.3 is 9.64 Å². The van der Waals surface area contributed by atoms with Crippen molar-refractivity contribution in [1.29, 1.82) is 0 Å². The molecule has 0 atom stereocenters.